The Morgan fingerprint density at radius 3 is 1.45 bits per heavy atom. The minimum Gasteiger partial charge on any atom is -0.508 e. The zero-order valence-corrected chi connectivity index (χ0v) is 26.7. The van der Waals surface area contributed by atoms with Crippen LogP contribution in [-0.2, 0) is 0 Å². The Bertz CT molecular complexity index is 2650. The molecule has 9 aromatic carbocycles. The van der Waals surface area contributed by atoms with Crippen LogP contribution in [0.15, 0.2) is 176 Å². The van der Waals surface area contributed by atoms with Crippen LogP contribution in [0.4, 0.5) is 0 Å². The van der Waals surface area contributed by atoms with Gasteiger partial charge in [-0.1, -0.05) is 152 Å². The average Bonchev–Trinajstić information content (AvgIpc) is 3.49. The number of rotatable bonds is 4. The maximum atomic E-state index is 9.82. The fourth-order valence-corrected chi connectivity index (χ4v) is 8.11. The summed E-state index contributed by atoms with van der Waals surface area (Å²) in [6.07, 6.45) is 0. The van der Waals surface area contributed by atoms with Gasteiger partial charge in [0.05, 0.1) is 0 Å². The number of hydrogen-bond donors (Lipinski definition) is 1. The maximum Gasteiger partial charge on any atom is 0.115 e. The first-order valence-corrected chi connectivity index (χ1v) is 16.8. The van der Waals surface area contributed by atoms with Gasteiger partial charge in [0, 0.05) is 0 Å². The summed E-state index contributed by atoms with van der Waals surface area (Å²) in [7, 11) is 0. The highest BCUT2D eigenvalue weighted by molar-refractivity contribution is 6.28. The molecule has 0 aliphatic heterocycles. The first-order chi connectivity index (χ1) is 24.2. The first kappa shape index (κ1) is 27.7. The van der Waals surface area contributed by atoms with Crippen molar-refractivity contribution in [3.8, 4) is 72.5 Å². The summed E-state index contributed by atoms with van der Waals surface area (Å²) >= 11 is 0. The smallest absolute Gasteiger partial charge is 0.115 e. The van der Waals surface area contributed by atoms with Gasteiger partial charge >= 0.3 is 0 Å². The lowest BCUT2D eigenvalue weighted by Gasteiger charge is -2.20. The van der Waals surface area contributed by atoms with Crippen molar-refractivity contribution in [1.29, 1.82) is 0 Å². The molecule has 0 amide bonds. The van der Waals surface area contributed by atoms with Crippen molar-refractivity contribution in [3.05, 3.63) is 176 Å². The van der Waals surface area contributed by atoms with Gasteiger partial charge in [-0.2, -0.15) is 0 Å². The molecule has 1 aliphatic rings. The number of phenols is 1. The Hall–Kier alpha value is -6.44. The van der Waals surface area contributed by atoms with Gasteiger partial charge in [0.1, 0.15) is 5.75 Å². The molecule has 0 unspecified atom stereocenters. The third-order valence-electron chi connectivity index (χ3n) is 10.3. The van der Waals surface area contributed by atoms with E-state index in [1.54, 1.807) is 12.1 Å². The molecule has 0 atom stereocenters. The molecule has 0 saturated heterocycles. The van der Waals surface area contributed by atoms with E-state index in [4.69, 9.17) is 0 Å². The zero-order chi connectivity index (χ0) is 32.5. The van der Waals surface area contributed by atoms with Crippen molar-refractivity contribution in [2.24, 2.45) is 0 Å². The quantitative estimate of drug-likeness (QED) is 0.207. The summed E-state index contributed by atoms with van der Waals surface area (Å²) in [4.78, 5) is 0. The van der Waals surface area contributed by atoms with E-state index in [2.05, 4.69) is 152 Å². The highest BCUT2D eigenvalue weighted by Crippen LogP contribution is 2.58. The molecule has 0 saturated carbocycles. The summed E-state index contributed by atoms with van der Waals surface area (Å²) < 4.78 is 0. The molecule has 10 rings (SSSR count). The van der Waals surface area contributed by atoms with Gasteiger partial charge < -0.3 is 5.11 Å². The molecule has 0 fully saturated rings. The number of benzene rings is 9. The predicted molar refractivity (Wildman–Crippen MR) is 207 cm³/mol. The summed E-state index contributed by atoms with van der Waals surface area (Å²) in [6.45, 7) is 0. The van der Waals surface area contributed by atoms with Crippen LogP contribution in [0, 0.1) is 0 Å². The monoisotopic (exact) mass is 622 g/mol. The second kappa shape index (κ2) is 10.8. The van der Waals surface area contributed by atoms with E-state index < -0.39 is 0 Å². The van der Waals surface area contributed by atoms with Crippen molar-refractivity contribution in [3.63, 3.8) is 0 Å². The molecular weight excluding hydrogens is 593 g/mol. The highest BCUT2D eigenvalue weighted by atomic mass is 16.3. The van der Waals surface area contributed by atoms with Gasteiger partial charge in [0.15, 0.2) is 0 Å². The molecule has 0 aromatic heterocycles. The van der Waals surface area contributed by atoms with Crippen molar-refractivity contribution in [2.45, 2.75) is 0 Å². The van der Waals surface area contributed by atoms with Crippen LogP contribution in [0.1, 0.15) is 0 Å². The summed E-state index contributed by atoms with van der Waals surface area (Å²) in [6, 6.07) is 63.1. The van der Waals surface area contributed by atoms with Crippen LogP contribution >= 0.6 is 0 Å². The largest absolute Gasteiger partial charge is 0.508 e. The third kappa shape index (κ3) is 4.26. The van der Waals surface area contributed by atoms with Gasteiger partial charge in [0.25, 0.3) is 0 Å². The Balaban J connectivity index is 1.25. The molecule has 0 bridgehead atoms. The standard InChI is InChI=1S/C48H30O/c49-37-24-22-30(23-25-37)34-20-18-31-19-21-35(29-36(31)28-34)38-26-27-43-46-39(38)16-9-17-42(46)47-44(32-10-3-1-4-11-32)40-14-7-8-15-41(40)45(48(43)47)33-12-5-2-6-13-33/h1-29,49H. The Kier molecular flexibility index (Phi) is 6.10. The van der Waals surface area contributed by atoms with Crippen molar-refractivity contribution >= 4 is 32.3 Å². The minimum atomic E-state index is 0.279. The Morgan fingerprint density at radius 1 is 0.286 bits per heavy atom. The molecule has 1 N–H and O–H groups in total. The van der Waals surface area contributed by atoms with Crippen molar-refractivity contribution in [1.82, 2.24) is 0 Å². The van der Waals surface area contributed by atoms with Crippen LogP contribution in [0.3, 0.4) is 0 Å². The summed E-state index contributed by atoms with van der Waals surface area (Å²) in [5, 5.41) is 17.3. The van der Waals surface area contributed by atoms with E-state index in [0.717, 1.165) is 11.1 Å². The molecule has 9 aromatic rings. The lowest BCUT2D eigenvalue weighted by molar-refractivity contribution is 0.475. The van der Waals surface area contributed by atoms with E-state index in [0.29, 0.717) is 0 Å². The van der Waals surface area contributed by atoms with Gasteiger partial charge in [0.2, 0.25) is 0 Å². The van der Waals surface area contributed by atoms with E-state index in [1.807, 2.05) is 12.1 Å². The normalized spacial score (nSPS) is 11.8. The van der Waals surface area contributed by atoms with Crippen molar-refractivity contribution < 1.29 is 5.11 Å². The van der Waals surface area contributed by atoms with E-state index in [1.165, 1.54) is 88.0 Å². The molecule has 49 heavy (non-hydrogen) atoms. The number of hydrogen-bond acceptors (Lipinski definition) is 1. The minimum absolute atomic E-state index is 0.279. The van der Waals surface area contributed by atoms with Crippen LogP contribution in [0.5, 0.6) is 5.75 Å². The van der Waals surface area contributed by atoms with Gasteiger partial charge in [-0.15, -0.1) is 0 Å². The van der Waals surface area contributed by atoms with Gasteiger partial charge in [-0.05, 0) is 123 Å². The van der Waals surface area contributed by atoms with Gasteiger partial charge in [-0.3, -0.25) is 0 Å². The van der Waals surface area contributed by atoms with Crippen LogP contribution in [-0.4, -0.2) is 5.11 Å². The fourth-order valence-electron chi connectivity index (χ4n) is 8.11. The summed E-state index contributed by atoms with van der Waals surface area (Å²) in [5.41, 5.74) is 14.9. The van der Waals surface area contributed by atoms with E-state index >= 15 is 0 Å². The maximum absolute atomic E-state index is 9.82. The van der Waals surface area contributed by atoms with Crippen LogP contribution in [0.25, 0.3) is 99.1 Å². The predicted octanol–water partition coefficient (Wildman–Crippen LogP) is 13.2. The van der Waals surface area contributed by atoms with Crippen molar-refractivity contribution in [2.75, 3.05) is 0 Å². The second-order valence-corrected chi connectivity index (χ2v) is 13.0. The van der Waals surface area contributed by atoms with Gasteiger partial charge in [-0.25, -0.2) is 0 Å². The fraction of sp³-hybridized carbons (Fsp3) is 0. The highest BCUT2D eigenvalue weighted by Gasteiger charge is 2.31. The molecule has 1 nitrogen and oxygen atoms in total. The Morgan fingerprint density at radius 2 is 0.796 bits per heavy atom. The zero-order valence-electron chi connectivity index (χ0n) is 26.7. The molecule has 1 aliphatic carbocycles. The lowest BCUT2D eigenvalue weighted by atomic mass is 9.82. The SMILES string of the molecule is Oc1ccc(-c2ccc3ccc(-c4ccc5c6c(cccc46)-c4c-5c(-c5ccccc5)c5ccccc5c4-c4ccccc4)cc3c2)cc1. The molecule has 228 valence electrons. The number of phenolic OH excluding ortho intramolecular Hbond substituents is 1. The molecule has 0 radical (unpaired) electrons. The molecular formula is C48H30O. The molecule has 0 heterocycles. The van der Waals surface area contributed by atoms with E-state index in [-0.39, 0.29) is 5.75 Å². The summed E-state index contributed by atoms with van der Waals surface area (Å²) in [5.74, 6) is 0.279. The van der Waals surface area contributed by atoms with Crippen LogP contribution < -0.4 is 0 Å². The number of fused-ring (bicyclic) bond motifs is 5. The third-order valence-corrected chi connectivity index (χ3v) is 10.3. The number of aromatic hydroxyl groups is 1. The topological polar surface area (TPSA) is 20.2 Å². The lowest BCUT2D eigenvalue weighted by Crippen LogP contribution is -1.93. The van der Waals surface area contributed by atoms with Crippen LogP contribution in [0.2, 0.25) is 0 Å². The molecule has 0 spiro atoms. The Labute approximate surface area is 285 Å². The second-order valence-electron chi connectivity index (χ2n) is 13.0. The average molecular weight is 623 g/mol. The first-order valence-electron chi connectivity index (χ1n) is 16.8. The molecule has 1 heteroatoms. The van der Waals surface area contributed by atoms with E-state index in [9.17, 15) is 5.11 Å².